The molecule has 1 aromatic carbocycles. The zero-order valence-corrected chi connectivity index (χ0v) is 13.3. The number of hydrogen-bond acceptors (Lipinski definition) is 3. The van der Waals surface area contributed by atoms with Crippen molar-refractivity contribution in [2.75, 3.05) is 19.7 Å². The van der Waals surface area contributed by atoms with Crippen LogP contribution in [0.2, 0.25) is 0 Å². The maximum atomic E-state index is 11.9. The van der Waals surface area contributed by atoms with Crippen molar-refractivity contribution in [3.05, 3.63) is 34.3 Å². The van der Waals surface area contributed by atoms with Gasteiger partial charge in [0.2, 0.25) is 5.91 Å². The Morgan fingerprint density at radius 1 is 1.40 bits per heavy atom. The van der Waals surface area contributed by atoms with Gasteiger partial charge in [0.25, 0.3) is 0 Å². The molecule has 110 valence electrons. The Morgan fingerprint density at radius 3 is 2.70 bits per heavy atom. The Kier molecular flexibility index (Phi) is 6.01. The maximum absolute atomic E-state index is 11.9. The van der Waals surface area contributed by atoms with Crippen LogP contribution in [-0.2, 0) is 9.53 Å². The van der Waals surface area contributed by atoms with E-state index in [9.17, 15) is 4.79 Å². The third-order valence-corrected chi connectivity index (χ3v) is 4.01. The molecule has 1 aromatic rings. The van der Waals surface area contributed by atoms with Gasteiger partial charge in [0.15, 0.2) is 0 Å². The highest BCUT2D eigenvalue weighted by atomic mass is 79.9. The highest BCUT2D eigenvalue weighted by Gasteiger charge is 2.16. The Bertz CT molecular complexity index is 430. The van der Waals surface area contributed by atoms with E-state index in [0.29, 0.717) is 0 Å². The van der Waals surface area contributed by atoms with Gasteiger partial charge in [-0.25, -0.2) is 0 Å². The molecule has 1 aliphatic rings. The summed E-state index contributed by atoms with van der Waals surface area (Å²) >= 11 is 3.40. The van der Waals surface area contributed by atoms with E-state index in [0.717, 1.165) is 36.0 Å². The summed E-state index contributed by atoms with van der Waals surface area (Å²) in [5.41, 5.74) is 1.09. The van der Waals surface area contributed by atoms with E-state index in [1.165, 1.54) is 0 Å². The third-order valence-electron chi connectivity index (χ3n) is 3.48. The lowest BCUT2D eigenvalue weighted by molar-refractivity contribution is -0.128. The van der Waals surface area contributed by atoms with Crippen molar-refractivity contribution in [2.45, 2.75) is 31.9 Å². The minimum atomic E-state index is -0.0565. The molecule has 0 unspecified atom stereocenters. The van der Waals surface area contributed by atoms with Crippen LogP contribution in [0.3, 0.4) is 0 Å². The quantitative estimate of drug-likeness (QED) is 0.865. The molecular formula is C15H21BrN2O2. The minimum Gasteiger partial charge on any atom is -0.368 e. The van der Waals surface area contributed by atoms with Crippen molar-refractivity contribution >= 4 is 21.8 Å². The first-order valence-electron chi connectivity index (χ1n) is 7.02. The van der Waals surface area contributed by atoms with Gasteiger partial charge in [-0.3, -0.25) is 4.79 Å². The van der Waals surface area contributed by atoms with Crippen LogP contribution in [0.1, 0.15) is 31.4 Å². The zero-order chi connectivity index (χ0) is 14.4. The standard InChI is InChI=1S/C15H21BrN2O2/c1-11(12-2-4-13(16)5-3-12)18-15(19)10-20-14-6-8-17-9-7-14/h2-5,11,14,17H,6-10H2,1H3,(H,18,19)/t11-/m1/s1. The molecule has 20 heavy (non-hydrogen) atoms. The maximum Gasteiger partial charge on any atom is 0.246 e. The van der Waals surface area contributed by atoms with Crippen LogP contribution in [-0.4, -0.2) is 31.7 Å². The Morgan fingerprint density at radius 2 is 2.05 bits per heavy atom. The zero-order valence-electron chi connectivity index (χ0n) is 11.7. The average Bonchev–Trinajstić information content (AvgIpc) is 2.47. The summed E-state index contributed by atoms with van der Waals surface area (Å²) in [7, 11) is 0. The molecule has 0 aromatic heterocycles. The van der Waals surface area contributed by atoms with E-state index in [1.807, 2.05) is 31.2 Å². The molecule has 0 radical (unpaired) electrons. The molecule has 1 aliphatic heterocycles. The highest BCUT2D eigenvalue weighted by molar-refractivity contribution is 9.10. The van der Waals surface area contributed by atoms with Gasteiger partial charge in [-0.1, -0.05) is 28.1 Å². The molecule has 2 rings (SSSR count). The molecular weight excluding hydrogens is 320 g/mol. The molecule has 1 amide bonds. The van der Waals surface area contributed by atoms with Gasteiger partial charge in [-0.05, 0) is 50.6 Å². The Balaban J connectivity index is 1.74. The number of nitrogens with one attached hydrogen (secondary N) is 2. The topological polar surface area (TPSA) is 50.4 Å². The molecule has 0 saturated carbocycles. The van der Waals surface area contributed by atoms with Crippen molar-refractivity contribution in [1.29, 1.82) is 0 Å². The van der Waals surface area contributed by atoms with Gasteiger partial charge in [0, 0.05) is 4.47 Å². The lowest BCUT2D eigenvalue weighted by atomic mass is 10.1. The van der Waals surface area contributed by atoms with Crippen LogP contribution in [0.15, 0.2) is 28.7 Å². The number of piperidine rings is 1. The largest absolute Gasteiger partial charge is 0.368 e. The molecule has 1 heterocycles. The summed E-state index contributed by atoms with van der Waals surface area (Å²) < 4.78 is 6.68. The smallest absolute Gasteiger partial charge is 0.246 e. The highest BCUT2D eigenvalue weighted by Crippen LogP contribution is 2.16. The van der Waals surface area contributed by atoms with Gasteiger partial charge in [-0.15, -0.1) is 0 Å². The first kappa shape index (κ1) is 15.5. The third kappa shape index (κ3) is 4.89. The second-order valence-corrected chi connectivity index (χ2v) is 6.02. The Hall–Kier alpha value is -0.910. The lowest BCUT2D eigenvalue weighted by Crippen LogP contribution is -2.36. The van der Waals surface area contributed by atoms with Crippen molar-refractivity contribution in [2.24, 2.45) is 0 Å². The number of hydrogen-bond donors (Lipinski definition) is 2. The molecule has 0 spiro atoms. The fourth-order valence-electron chi connectivity index (χ4n) is 2.27. The second kappa shape index (κ2) is 7.76. The number of amides is 1. The Labute approximate surface area is 128 Å². The first-order chi connectivity index (χ1) is 9.65. The molecule has 1 fully saturated rings. The SMILES string of the molecule is C[C@@H](NC(=O)COC1CCNCC1)c1ccc(Br)cc1. The van der Waals surface area contributed by atoms with Gasteiger partial charge >= 0.3 is 0 Å². The fraction of sp³-hybridized carbons (Fsp3) is 0.533. The summed E-state index contributed by atoms with van der Waals surface area (Å²) in [4.78, 5) is 11.9. The first-order valence-corrected chi connectivity index (χ1v) is 7.81. The van der Waals surface area contributed by atoms with E-state index in [-0.39, 0.29) is 24.7 Å². The van der Waals surface area contributed by atoms with Crippen LogP contribution in [0.4, 0.5) is 0 Å². The van der Waals surface area contributed by atoms with E-state index < -0.39 is 0 Å². The fourth-order valence-corrected chi connectivity index (χ4v) is 2.54. The second-order valence-electron chi connectivity index (χ2n) is 5.10. The minimum absolute atomic E-state index is 0.00720. The van der Waals surface area contributed by atoms with Crippen LogP contribution in [0, 0.1) is 0 Å². The number of rotatable bonds is 5. The summed E-state index contributed by atoms with van der Waals surface area (Å²) in [6, 6.07) is 7.95. The molecule has 1 saturated heterocycles. The predicted molar refractivity (Wildman–Crippen MR) is 82.5 cm³/mol. The monoisotopic (exact) mass is 340 g/mol. The number of halogens is 1. The molecule has 0 aliphatic carbocycles. The van der Waals surface area contributed by atoms with Gasteiger partial charge in [-0.2, -0.15) is 0 Å². The van der Waals surface area contributed by atoms with Crippen LogP contribution < -0.4 is 10.6 Å². The van der Waals surface area contributed by atoms with E-state index in [1.54, 1.807) is 0 Å². The number of benzene rings is 1. The summed E-state index contributed by atoms with van der Waals surface area (Å²) in [5.74, 6) is -0.0565. The summed E-state index contributed by atoms with van der Waals surface area (Å²) in [6.07, 6.45) is 2.18. The number of ether oxygens (including phenoxy) is 1. The van der Waals surface area contributed by atoms with E-state index >= 15 is 0 Å². The summed E-state index contributed by atoms with van der Waals surface area (Å²) in [6.45, 7) is 4.07. The molecule has 4 nitrogen and oxygen atoms in total. The number of carbonyl (C=O) groups is 1. The summed E-state index contributed by atoms with van der Waals surface area (Å²) in [5, 5.41) is 6.24. The molecule has 0 bridgehead atoms. The van der Waals surface area contributed by atoms with Crippen LogP contribution >= 0.6 is 15.9 Å². The van der Waals surface area contributed by atoms with Gasteiger partial charge in [0.1, 0.15) is 6.61 Å². The molecule has 2 N–H and O–H groups in total. The van der Waals surface area contributed by atoms with Crippen molar-refractivity contribution < 1.29 is 9.53 Å². The normalized spacial score (nSPS) is 17.7. The van der Waals surface area contributed by atoms with Crippen molar-refractivity contribution in [3.8, 4) is 0 Å². The predicted octanol–water partition coefficient (Wildman–Crippen LogP) is 2.39. The van der Waals surface area contributed by atoms with Crippen molar-refractivity contribution in [1.82, 2.24) is 10.6 Å². The molecule has 1 atom stereocenters. The van der Waals surface area contributed by atoms with Crippen LogP contribution in [0.5, 0.6) is 0 Å². The lowest BCUT2D eigenvalue weighted by Gasteiger charge is -2.23. The van der Waals surface area contributed by atoms with Gasteiger partial charge < -0.3 is 15.4 Å². The van der Waals surface area contributed by atoms with Crippen LogP contribution in [0.25, 0.3) is 0 Å². The number of carbonyl (C=O) groups excluding carboxylic acids is 1. The van der Waals surface area contributed by atoms with E-state index in [2.05, 4.69) is 26.6 Å². The van der Waals surface area contributed by atoms with Crippen molar-refractivity contribution in [3.63, 3.8) is 0 Å². The average molecular weight is 341 g/mol. The molecule has 5 heteroatoms. The van der Waals surface area contributed by atoms with Gasteiger partial charge in [0.05, 0.1) is 12.1 Å². The van der Waals surface area contributed by atoms with E-state index in [4.69, 9.17) is 4.74 Å².